The van der Waals surface area contributed by atoms with Crippen LogP contribution in [0.2, 0.25) is 0 Å². The SMILES string of the molecule is C=C1C[C@H]2CN(C(=O)OCc3ccccc3)c3cc(OCCCCCOc4cc5c(cc4OC)C(=O)N4CC(=C)C[C@H]4C=N5)c(OC)cc3C(=O)N2C1. The van der Waals surface area contributed by atoms with Crippen LogP contribution in [0.25, 0.3) is 0 Å². The first kappa shape index (κ1) is 35.6. The Bertz CT molecular complexity index is 1960. The van der Waals surface area contributed by atoms with Gasteiger partial charge in [-0.25, -0.2) is 4.79 Å². The molecule has 7 rings (SSSR count). The number of carbonyl (C=O) groups excluding carboxylic acids is 3. The van der Waals surface area contributed by atoms with E-state index >= 15 is 0 Å². The number of rotatable bonds is 12. The summed E-state index contributed by atoms with van der Waals surface area (Å²) in [5.41, 5.74) is 4.62. The summed E-state index contributed by atoms with van der Waals surface area (Å²) in [4.78, 5) is 50.4. The van der Waals surface area contributed by atoms with E-state index in [0.29, 0.717) is 91.1 Å². The van der Waals surface area contributed by atoms with Crippen molar-refractivity contribution in [3.63, 3.8) is 0 Å². The number of benzene rings is 3. The molecule has 2 atom stereocenters. The summed E-state index contributed by atoms with van der Waals surface area (Å²) in [6.45, 7) is 10.3. The minimum Gasteiger partial charge on any atom is -0.493 e. The number of methoxy groups -OCH3 is 2. The van der Waals surface area contributed by atoms with E-state index in [1.807, 2.05) is 36.5 Å². The fraction of sp³-hybridized carbons (Fsp3) is 0.366. The van der Waals surface area contributed by atoms with E-state index in [4.69, 9.17) is 23.7 Å². The van der Waals surface area contributed by atoms with Gasteiger partial charge in [0.1, 0.15) is 6.61 Å². The van der Waals surface area contributed by atoms with Crippen molar-refractivity contribution in [2.24, 2.45) is 4.99 Å². The molecule has 2 fully saturated rings. The predicted molar refractivity (Wildman–Crippen MR) is 200 cm³/mol. The van der Waals surface area contributed by atoms with Gasteiger partial charge in [0.15, 0.2) is 23.0 Å². The van der Waals surface area contributed by atoms with Crippen LogP contribution in [0.5, 0.6) is 23.0 Å². The number of carbonyl (C=O) groups is 3. The summed E-state index contributed by atoms with van der Waals surface area (Å²) in [7, 11) is 3.08. The number of anilines is 1. The molecule has 0 saturated carbocycles. The van der Waals surface area contributed by atoms with Gasteiger partial charge in [-0.05, 0) is 49.8 Å². The van der Waals surface area contributed by atoms with Gasteiger partial charge in [0.2, 0.25) is 0 Å². The van der Waals surface area contributed by atoms with E-state index in [2.05, 4.69) is 18.2 Å². The van der Waals surface area contributed by atoms with Gasteiger partial charge in [0.05, 0.1) is 68.6 Å². The number of ether oxygens (including phenoxy) is 5. The molecular weight excluding hydrogens is 676 g/mol. The first-order valence-corrected chi connectivity index (χ1v) is 17.9. The highest BCUT2D eigenvalue weighted by Gasteiger charge is 2.41. The van der Waals surface area contributed by atoms with Crippen LogP contribution < -0.4 is 23.8 Å². The van der Waals surface area contributed by atoms with Gasteiger partial charge in [0, 0.05) is 31.4 Å². The second-order valence-electron chi connectivity index (χ2n) is 13.7. The van der Waals surface area contributed by atoms with Gasteiger partial charge in [0.25, 0.3) is 11.8 Å². The Balaban J connectivity index is 0.983. The molecule has 0 unspecified atom stereocenters. The number of nitrogens with zero attached hydrogens (tertiary/aromatic N) is 4. The first-order chi connectivity index (χ1) is 25.7. The van der Waals surface area contributed by atoms with E-state index in [0.717, 1.165) is 29.6 Å². The van der Waals surface area contributed by atoms with Crippen molar-refractivity contribution in [1.82, 2.24) is 9.80 Å². The molecule has 53 heavy (non-hydrogen) atoms. The number of fused-ring (bicyclic) bond motifs is 4. The summed E-state index contributed by atoms with van der Waals surface area (Å²) in [5.74, 6) is 1.55. The van der Waals surface area contributed by atoms with Crippen molar-refractivity contribution < 1.29 is 38.1 Å². The molecule has 0 aliphatic carbocycles. The normalized spacial score (nSPS) is 18.9. The van der Waals surface area contributed by atoms with Gasteiger partial charge in [-0.15, -0.1) is 0 Å². The molecule has 4 heterocycles. The molecule has 2 saturated heterocycles. The van der Waals surface area contributed by atoms with Crippen molar-refractivity contribution in [1.29, 1.82) is 0 Å². The standard InChI is InChI=1S/C41H44N4O8/c1-26-15-29-21-42-33-19-37(35(49-3)17-31(33)39(46)43(29)22-26)51-13-9-6-10-14-52-38-20-34-32(18-36(38)50-4)40(47)44-23-27(2)16-30(44)24-45(34)41(48)53-25-28-11-7-5-8-12-28/h5,7-8,11-12,17-21,29-30H,1-2,6,9-10,13-16,22-25H2,3-4H3/t29-,30-/m0/s1. The summed E-state index contributed by atoms with van der Waals surface area (Å²) in [6.07, 6.45) is 4.84. The lowest BCUT2D eigenvalue weighted by atomic mass is 10.1. The molecular formula is C41H44N4O8. The average Bonchev–Trinajstić information content (AvgIpc) is 3.68. The topological polar surface area (TPSA) is 119 Å². The van der Waals surface area contributed by atoms with E-state index in [9.17, 15) is 14.4 Å². The molecule has 0 N–H and O–H groups in total. The van der Waals surface area contributed by atoms with Crippen molar-refractivity contribution >= 4 is 35.5 Å². The van der Waals surface area contributed by atoms with E-state index < -0.39 is 6.09 Å². The minimum absolute atomic E-state index is 0.0906. The third-order valence-electron chi connectivity index (χ3n) is 10.00. The Morgan fingerprint density at radius 3 is 2.15 bits per heavy atom. The van der Waals surface area contributed by atoms with E-state index in [1.165, 1.54) is 12.0 Å². The Morgan fingerprint density at radius 2 is 1.43 bits per heavy atom. The Morgan fingerprint density at radius 1 is 0.792 bits per heavy atom. The quantitative estimate of drug-likeness (QED) is 0.149. The van der Waals surface area contributed by atoms with Gasteiger partial charge >= 0.3 is 6.09 Å². The highest BCUT2D eigenvalue weighted by Crippen LogP contribution is 2.41. The average molecular weight is 721 g/mol. The Kier molecular flexibility index (Phi) is 10.4. The number of unbranched alkanes of at least 4 members (excludes halogenated alkanes) is 2. The van der Waals surface area contributed by atoms with Crippen LogP contribution in [0.15, 0.2) is 83.9 Å². The maximum Gasteiger partial charge on any atom is 0.414 e. The minimum atomic E-state index is -0.547. The van der Waals surface area contributed by atoms with Crippen LogP contribution in [0.3, 0.4) is 0 Å². The third kappa shape index (κ3) is 7.44. The van der Waals surface area contributed by atoms with Gasteiger partial charge < -0.3 is 33.5 Å². The van der Waals surface area contributed by atoms with Crippen LogP contribution in [-0.2, 0) is 11.3 Å². The predicted octanol–water partition coefficient (Wildman–Crippen LogP) is 6.75. The lowest BCUT2D eigenvalue weighted by Crippen LogP contribution is -2.42. The Hall–Kier alpha value is -5.78. The molecule has 276 valence electrons. The van der Waals surface area contributed by atoms with Crippen LogP contribution in [0.4, 0.5) is 16.2 Å². The van der Waals surface area contributed by atoms with Gasteiger partial charge in [-0.1, -0.05) is 54.6 Å². The first-order valence-electron chi connectivity index (χ1n) is 17.9. The largest absolute Gasteiger partial charge is 0.493 e. The highest BCUT2D eigenvalue weighted by atomic mass is 16.6. The zero-order chi connectivity index (χ0) is 37.1. The molecule has 3 aromatic carbocycles. The maximum absolute atomic E-state index is 13.8. The third-order valence-corrected chi connectivity index (χ3v) is 10.00. The fourth-order valence-corrected chi connectivity index (χ4v) is 7.28. The molecule has 0 bridgehead atoms. The molecule has 0 spiro atoms. The molecule has 3 amide bonds. The monoisotopic (exact) mass is 720 g/mol. The van der Waals surface area contributed by atoms with Crippen molar-refractivity contribution in [3.8, 4) is 23.0 Å². The van der Waals surface area contributed by atoms with Gasteiger partial charge in [-0.2, -0.15) is 0 Å². The molecule has 4 aliphatic heterocycles. The molecule has 12 heteroatoms. The highest BCUT2D eigenvalue weighted by molar-refractivity contribution is 6.06. The maximum atomic E-state index is 13.8. The second-order valence-corrected chi connectivity index (χ2v) is 13.7. The molecule has 4 aliphatic rings. The number of hydrogen-bond donors (Lipinski definition) is 0. The zero-order valence-electron chi connectivity index (χ0n) is 30.2. The van der Waals surface area contributed by atoms with E-state index in [1.54, 1.807) is 41.2 Å². The smallest absolute Gasteiger partial charge is 0.414 e. The molecule has 0 radical (unpaired) electrons. The lowest BCUT2D eigenvalue weighted by Gasteiger charge is -2.26. The van der Waals surface area contributed by atoms with Gasteiger partial charge in [-0.3, -0.25) is 19.5 Å². The summed E-state index contributed by atoms with van der Waals surface area (Å²) < 4.78 is 29.3. The Labute approximate surface area is 309 Å². The van der Waals surface area contributed by atoms with E-state index in [-0.39, 0.29) is 37.0 Å². The summed E-state index contributed by atoms with van der Waals surface area (Å²) in [6, 6.07) is 16.0. The number of hydrogen-bond acceptors (Lipinski definition) is 9. The van der Waals surface area contributed by atoms with Crippen molar-refractivity contribution in [2.45, 2.75) is 50.8 Å². The lowest BCUT2D eigenvalue weighted by molar-refractivity contribution is 0.0747. The van der Waals surface area contributed by atoms with Crippen LogP contribution in [0, 0.1) is 0 Å². The second kappa shape index (κ2) is 15.4. The van der Waals surface area contributed by atoms with Crippen LogP contribution in [0.1, 0.15) is 58.4 Å². The van der Waals surface area contributed by atoms with Crippen molar-refractivity contribution in [3.05, 3.63) is 95.6 Å². The molecule has 12 nitrogen and oxygen atoms in total. The zero-order valence-corrected chi connectivity index (χ0v) is 30.2. The van der Waals surface area contributed by atoms with Crippen LogP contribution in [-0.4, -0.2) is 93.1 Å². The molecule has 0 aromatic heterocycles. The summed E-state index contributed by atoms with van der Waals surface area (Å²) in [5, 5.41) is 0. The number of aliphatic imine (C=N–C) groups is 1. The fourth-order valence-electron chi connectivity index (χ4n) is 7.28. The van der Waals surface area contributed by atoms with Crippen molar-refractivity contribution in [2.75, 3.05) is 52.0 Å². The van der Waals surface area contributed by atoms with Crippen LogP contribution >= 0.6 is 0 Å². The summed E-state index contributed by atoms with van der Waals surface area (Å²) >= 11 is 0. The number of amides is 3. The molecule has 3 aromatic rings.